The molecule has 0 radical (unpaired) electrons. The van der Waals surface area contributed by atoms with Gasteiger partial charge in [-0.15, -0.1) is 0 Å². The Labute approximate surface area is 76.0 Å². The molecule has 0 atom stereocenters. The smallest absolute Gasteiger partial charge is 0.289 e. The standard InChI is InChI=1S/C8H12N2O3/c1-10(4-6-13-9)8(11)7-3-2-5-12-7/h2-3,5H,4,6,9H2,1H3. The van der Waals surface area contributed by atoms with Crippen LogP contribution in [0.4, 0.5) is 0 Å². The van der Waals surface area contributed by atoms with E-state index in [-0.39, 0.29) is 5.91 Å². The summed E-state index contributed by atoms with van der Waals surface area (Å²) >= 11 is 0. The molecular formula is C8H12N2O3. The minimum Gasteiger partial charge on any atom is -0.459 e. The summed E-state index contributed by atoms with van der Waals surface area (Å²) in [5.41, 5.74) is 0. The van der Waals surface area contributed by atoms with Gasteiger partial charge in [0.2, 0.25) is 0 Å². The summed E-state index contributed by atoms with van der Waals surface area (Å²) in [6.45, 7) is 0.749. The molecule has 0 saturated carbocycles. The van der Waals surface area contributed by atoms with Gasteiger partial charge in [0.05, 0.1) is 12.9 Å². The van der Waals surface area contributed by atoms with Gasteiger partial charge in [0, 0.05) is 13.6 Å². The van der Waals surface area contributed by atoms with Crippen molar-refractivity contribution in [1.82, 2.24) is 4.90 Å². The van der Waals surface area contributed by atoms with Gasteiger partial charge in [-0.25, -0.2) is 5.90 Å². The van der Waals surface area contributed by atoms with Crippen molar-refractivity contribution in [3.05, 3.63) is 24.2 Å². The van der Waals surface area contributed by atoms with Crippen molar-refractivity contribution in [2.75, 3.05) is 20.2 Å². The Morgan fingerprint density at radius 3 is 3.08 bits per heavy atom. The number of likely N-dealkylation sites (N-methyl/N-ethyl adjacent to an activating group) is 1. The van der Waals surface area contributed by atoms with Gasteiger partial charge in [-0.1, -0.05) is 0 Å². The molecule has 0 aliphatic carbocycles. The van der Waals surface area contributed by atoms with Crippen LogP contribution in [0, 0.1) is 0 Å². The molecule has 0 unspecified atom stereocenters. The lowest BCUT2D eigenvalue weighted by Crippen LogP contribution is -2.30. The maximum Gasteiger partial charge on any atom is 0.289 e. The summed E-state index contributed by atoms with van der Waals surface area (Å²) in [6, 6.07) is 3.28. The van der Waals surface area contributed by atoms with Crippen LogP contribution in [-0.2, 0) is 4.84 Å². The molecule has 0 aliphatic rings. The SMILES string of the molecule is CN(CCON)C(=O)c1ccco1. The van der Waals surface area contributed by atoms with Crippen molar-refractivity contribution in [2.45, 2.75) is 0 Å². The van der Waals surface area contributed by atoms with Crippen molar-refractivity contribution in [3.63, 3.8) is 0 Å². The molecule has 1 heterocycles. The molecule has 1 aromatic rings. The van der Waals surface area contributed by atoms with E-state index in [1.54, 1.807) is 19.2 Å². The highest BCUT2D eigenvalue weighted by molar-refractivity contribution is 5.91. The van der Waals surface area contributed by atoms with Crippen LogP contribution in [0.2, 0.25) is 0 Å². The van der Waals surface area contributed by atoms with Gasteiger partial charge in [-0.3, -0.25) is 4.79 Å². The van der Waals surface area contributed by atoms with Gasteiger partial charge in [0.25, 0.3) is 5.91 Å². The van der Waals surface area contributed by atoms with Gasteiger partial charge in [0.1, 0.15) is 0 Å². The van der Waals surface area contributed by atoms with E-state index in [0.717, 1.165) is 0 Å². The first-order valence-corrected chi connectivity index (χ1v) is 3.86. The highest BCUT2D eigenvalue weighted by Crippen LogP contribution is 2.03. The molecule has 0 saturated heterocycles. The van der Waals surface area contributed by atoms with E-state index in [1.807, 2.05) is 0 Å². The zero-order chi connectivity index (χ0) is 9.68. The fourth-order valence-electron chi connectivity index (χ4n) is 0.880. The molecule has 0 fully saturated rings. The molecular weight excluding hydrogens is 172 g/mol. The maximum atomic E-state index is 11.4. The van der Waals surface area contributed by atoms with Crippen LogP contribution in [0.25, 0.3) is 0 Å². The van der Waals surface area contributed by atoms with Crippen LogP contribution in [0.15, 0.2) is 22.8 Å². The third kappa shape index (κ3) is 2.57. The van der Waals surface area contributed by atoms with Crippen LogP contribution >= 0.6 is 0 Å². The topological polar surface area (TPSA) is 68.7 Å². The summed E-state index contributed by atoms with van der Waals surface area (Å²) in [6.07, 6.45) is 1.46. The van der Waals surface area contributed by atoms with Gasteiger partial charge >= 0.3 is 0 Å². The summed E-state index contributed by atoms with van der Waals surface area (Å²) < 4.78 is 4.93. The minimum atomic E-state index is -0.179. The second kappa shape index (κ2) is 4.64. The van der Waals surface area contributed by atoms with E-state index in [4.69, 9.17) is 10.3 Å². The molecule has 0 aromatic carbocycles. The predicted octanol–water partition coefficient (Wildman–Crippen LogP) is 0.242. The summed E-state index contributed by atoms with van der Waals surface area (Å²) in [5, 5.41) is 0. The zero-order valence-corrected chi connectivity index (χ0v) is 7.40. The summed E-state index contributed by atoms with van der Waals surface area (Å²) in [4.78, 5) is 17.3. The molecule has 5 nitrogen and oxygen atoms in total. The third-order valence-corrected chi connectivity index (χ3v) is 1.62. The molecule has 1 rings (SSSR count). The highest BCUT2D eigenvalue weighted by Gasteiger charge is 2.13. The van der Waals surface area contributed by atoms with E-state index < -0.39 is 0 Å². The molecule has 0 spiro atoms. The number of hydrogen-bond acceptors (Lipinski definition) is 4. The number of furan rings is 1. The maximum absolute atomic E-state index is 11.4. The van der Waals surface area contributed by atoms with Crippen LogP contribution < -0.4 is 5.90 Å². The van der Waals surface area contributed by atoms with Crippen LogP contribution in [0.3, 0.4) is 0 Å². The molecule has 1 aromatic heterocycles. The van der Waals surface area contributed by atoms with Crippen molar-refractivity contribution < 1.29 is 14.0 Å². The van der Waals surface area contributed by atoms with Crippen molar-refractivity contribution in [2.24, 2.45) is 5.90 Å². The molecule has 72 valence electrons. The Bertz CT molecular complexity index is 258. The lowest BCUT2D eigenvalue weighted by molar-refractivity contribution is 0.0669. The van der Waals surface area contributed by atoms with E-state index in [9.17, 15) is 4.79 Å². The molecule has 0 bridgehead atoms. The Morgan fingerprint density at radius 2 is 2.54 bits per heavy atom. The van der Waals surface area contributed by atoms with E-state index >= 15 is 0 Å². The first-order valence-electron chi connectivity index (χ1n) is 3.86. The average molecular weight is 184 g/mol. The third-order valence-electron chi connectivity index (χ3n) is 1.62. The van der Waals surface area contributed by atoms with Crippen molar-refractivity contribution in [1.29, 1.82) is 0 Å². The van der Waals surface area contributed by atoms with E-state index in [2.05, 4.69) is 4.84 Å². The highest BCUT2D eigenvalue weighted by atomic mass is 16.6. The fraction of sp³-hybridized carbons (Fsp3) is 0.375. The van der Waals surface area contributed by atoms with Gasteiger partial charge in [-0.2, -0.15) is 0 Å². The van der Waals surface area contributed by atoms with E-state index in [0.29, 0.717) is 18.9 Å². The molecule has 0 aliphatic heterocycles. The number of carbonyl (C=O) groups is 1. The first kappa shape index (κ1) is 9.76. The normalized spacial score (nSPS) is 10.0. The molecule has 13 heavy (non-hydrogen) atoms. The summed E-state index contributed by atoms with van der Waals surface area (Å²) in [7, 11) is 1.66. The Morgan fingerprint density at radius 1 is 1.77 bits per heavy atom. The van der Waals surface area contributed by atoms with Crippen LogP contribution in [0.1, 0.15) is 10.6 Å². The molecule has 5 heteroatoms. The molecule has 1 amide bonds. The monoisotopic (exact) mass is 184 g/mol. The minimum absolute atomic E-state index is 0.179. The second-order valence-electron chi connectivity index (χ2n) is 2.57. The van der Waals surface area contributed by atoms with E-state index in [1.165, 1.54) is 11.2 Å². The van der Waals surface area contributed by atoms with Crippen LogP contribution in [-0.4, -0.2) is 31.0 Å². The quantitative estimate of drug-likeness (QED) is 0.680. The largest absolute Gasteiger partial charge is 0.459 e. The average Bonchev–Trinajstić information content (AvgIpc) is 2.65. The van der Waals surface area contributed by atoms with Crippen molar-refractivity contribution in [3.8, 4) is 0 Å². The van der Waals surface area contributed by atoms with Gasteiger partial charge in [0.15, 0.2) is 5.76 Å². The number of amides is 1. The fourth-order valence-corrected chi connectivity index (χ4v) is 0.880. The number of rotatable bonds is 4. The summed E-state index contributed by atoms with van der Waals surface area (Å²) in [5.74, 6) is 4.97. The molecule has 2 N–H and O–H groups in total. The Balaban J connectivity index is 2.48. The van der Waals surface area contributed by atoms with Gasteiger partial charge in [-0.05, 0) is 12.1 Å². The number of nitrogens with two attached hydrogens (primary N) is 1. The van der Waals surface area contributed by atoms with Crippen LogP contribution in [0.5, 0.6) is 0 Å². The van der Waals surface area contributed by atoms with Crippen molar-refractivity contribution >= 4 is 5.91 Å². The second-order valence-corrected chi connectivity index (χ2v) is 2.57. The number of hydrogen-bond donors (Lipinski definition) is 1. The Hall–Kier alpha value is -1.33. The first-order chi connectivity index (χ1) is 6.25. The lowest BCUT2D eigenvalue weighted by Gasteiger charge is -2.14. The number of carbonyl (C=O) groups excluding carboxylic acids is 1. The predicted molar refractivity (Wildman–Crippen MR) is 45.8 cm³/mol. The zero-order valence-electron chi connectivity index (χ0n) is 7.40. The Kier molecular flexibility index (Phi) is 3.48. The lowest BCUT2D eigenvalue weighted by atomic mass is 10.4. The number of nitrogens with zero attached hydrogens (tertiary/aromatic N) is 1. The van der Waals surface area contributed by atoms with Gasteiger partial charge < -0.3 is 14.2 Å².